The summed E-state index contributed by atoms with van der Waals surface area (Å²) < 4.78 is 22.2. The average Bonchev–Trinajstić information content (AvgIpc) is 2.94. The molecule has 0 aromatic carbocycles. The molecule has 2 rings (SSSR count). The largest absolute Gasteiger partial charge is 0.387 e. The Morgan fingerprint density at radius 3 is 2.81 bits per heavy atom. The number of nitrogen functional groups attached to an aromatic ring is 1. The number of rotatable bonds is 5. The zero-order valence-corrected chi connectivity index (χ0v) is 11.9. The third-order valence-electron chi connectivity index (χ3n) is 2.83. The standard InChI is InChI=1S/C9H16N5O6P/c1-21(17,18)19-2-4-5(15)6(16)9(20-4)14-3-12-8(13-14)7(10)11/h3-6,9,15-16H,2H2,1H3,(H3,10,11)(H,17,18). The van der Waals surface area contributed by atoms with Gasteiger partial charge in [0.1, 0.15) is 24.6 Å². The van der Waals surface area contributed by atoms with E-state index in [0.29, 0.717) is 0 Å². The molecule has 5 unspecified atom stereocenters. The van der Waals surface area contributed by atoms with Crippen LogP contribution in [0.15, 0.2) is 6.33 Å². The van der Waals surface area contributed by atoms with Crippen LogP contribution in [0, 0.1) is 5.41 Å². The molecule has 11 nitrogen and oxygen atoms in total. The highest BCUT2D eigenvalue weighted by molar-refractivity contribution is 7.51. The van der Waals surface area contributed by atoms with Crippen molar-refractivity contribution in [2.24, 2.45) is 5.73 Å². The molecule has 1 aliphatic rings. The first-order valence-electron chi connectivity index (χ1n) is 5.91. The Hall–Kier alpha value is -1.36. The van der Waals surface area contributed by atoms with Crippen LogP contribution in [-0.2, 0) is 13.8 Å². The van der Waals surface area contributed by atoms with Gasteiger partial charge in [-0.1, -0.05) is 0 Å². The number of nitrogens with one attached hydrogen (secondary N) is 1. The minimum absolute atomic E-state index is 0.0478. The van der Waals surface area contributed by atoms with Crippen molar-refractivity contribution in [3.05, 3.63) is 12.2 Å². The van der Waals surface area contributed by atoms with Gasteiger partial charge in [0.25, 0.3) is 0 Å². The Bertz CT molecular complexity index is 573. The first-order chi connectivity index (χ1) is 9.69. The third kappa shape index (κ3) is 3.64. The summed E-state index contributed by atoms with van der Waals surface area (Å²) in [6, 6.07) is 0. The van der Waals surface area contributed by atoms with Crippen LogP contribution in [0.4, 0.5) is 0 Å². The number of hydrogen-bond donors (Lipinski definition) is 5. The first-order valence-corrected chi connectivity index (χ1v) is 7.93. The molecule has 118 valence electrons. The van der Waals surface area contributed by atoms with E-state index in [4.69, 9.17) is 20.8 Å². The van der Waals surface area contributed by atoms with Gasteiger partial charge < -0.3 is 30.1 Å². The molecular formula is C9H16N5O6P. The molecule has 0 saturated carbocycles. The fourth-order valence-corrected chi connectivity index (χ4v) is 2.24. The minimum Gasteiger partial charge on any atom is -0.387 e. The van der Waals surface area contributed by atoms with E-state index >= 15 is 0 Å². The second-order valence-electron chi connectivity index (χ2n) is 4.61. The van der Waals surface area contributed by atoms with E-state index < -0.39 is 32.1 Å². The van der Waals surface area contributed by atoms with E-state index in [2.05, 4.69) is 14.6 Å². The Kier molecular flexibility index (Phi) is 4.42. The lowest BCUT2D eigenvalue weighted by molar-refractivity contribution is -0.0563. The maximum Gasteiger partial charge on any atom is 0.325 e. The molecule has 0 spiro atoms. The second kappa shape index (κ2) is 5.79. The molecule has 0 bridgehead atoms. The van der Waals surface area contributed by atoms with Gasteiger partial charge in [-0.15, -0.1) is 5.10 Å². The molecule has 21 heavy (non-hydrogen) atoms. The Labute approximate surface area is 119 Å². The lowest BCUT2D eigenvalue weighted by Gasteiger charge is -2.15. The number of aromatic nitrogens is 3. The molecule has 12 heteroatoms. The third-order valence-corrected chi connectivity index (χ3v) is 3.45. The molecule has 1 saturated heterocycles. The highest BCUT2D eigenvalue weighted by atomic mass is 31.2. The van der Waals surface area contributed by atoms with Gasteiger partial charge in [0.15, 0.2) is 12.1 Å². The van der Waals surface area contributed by atoms with Gasteiger partial charge in [0.05, 0.1) is 6.61 Å². The van der Waals surface area contributed by atoms with E-state index in [1.807, 2.05) is 0 Å². The molecule has 6 N–H and O–H groups in total. The van der Waals surface area contributed by atoms with Crippen LogP contribution in [0.25, 0.3) is 0 Å². The lowest BCUT2D eigenvalue weighted by atomic mass is 10.1. The number of ether oxygens (including phenoxy) is 1. The van der Waals surface area contributed by atoms with Crippen LogP contribution < -0.4 is 5.73 Å². The lowest BCUT2D eigenvalue weighted by Crippen LogP contribution is -2.33. The van der Waals surface area contributed by atoms with Gasteiger partial charge in [0, 0.05) is 6.66 Å². The van der Waals surface area contributed by atoms with Crippen molar-refractivity contribution >= 4 is 13.4 Å². The Morgan fingerprint density at radius 1 is 1.62 bits per heavy atom. The normalized spacial score (nSPS) is 32.0. The predicted molar refractivity (Wildman–Crippen MR) is 68.7 cm³/mol. The molecule has 1 fully saturated rings. The summed E-state index contributed by atoms with van der Waals surface area (Å²) in [6.07, 6.45) is -3.54. The molecule has 0 aliphatic carbocycles. The van der Waals surface area contributed by atoms with Gasteiger partial charge in [0.2, 0.25) is 5.82 Å². The van der Waals surface area contributed by atoms with E-state index in [-0.39, 0.29) is 18.3 Å². The maximum absolute atomic E-state index is 11.1. The van der Waals surface area contributed by atoms with Crippen molar-refractivity contribution in [2.45, 2.75) is 24.5 Å². The van der Waals surface area contributed by atoms with Gasteiger partial charge in [-0.05, 0) is 0 Å². The highest BCUT2D eigenvalue weighted by Crippen LogP contribution is 2.38. The zero-order valence-electron chi connectivity index (χ0n) is 11.0. The number of nitrogens with zero attached hydrogens (tertiary/aromatic N) is 3. The van der Waals surface area contributed by atoms with Gasteiger partial charge in [-0.3, -0.25) is 9.97 Å². The Balaban J connectivity index is 2.08. The fraction of sp³-hybridized carbons (Fsp3) is 0.667. The van der Waals surface area contributed by atoms with Crippen LogP contribution in [0.1, 0.15) is 12.1 Å². The number of aliphatic hydroxyl groups is 2. The molecule has 1 aliphatic heterocycles. The summed E-state index contributed by atoms with van der Waals surface area (Å²) in [5, 5.41) is 30.8. The van der Waals surface area contributed by atoms with Crippen LogP contribution in [0.5, 0.6) is 0 Å². The summed E-state index contributed by atoms with van der Waals surface area (Å²) in [5.41, 5.74) is 5.22. The van der Waals surface area contributed by atoms with Gasteiger partial charge >= 0.3 is 7.60 Å². The predicted octanol–water partition coefficient (Wildman–Crippen LogP) is -1.99. The molecule has 1 aromatic rings. The molecular weight excluding hydrogens is 305 g/mol. The molecule has 1 aromatic heterocycles. The summed E-state index contributed by atoms with van der Waals surface area (Å²) >= 11 is 0. The number of hydrogen-bond acceptors (Lipinski definition) is 8. The van der Waals surface area contributed by atoms with Crippen molar-refractivity contribution in [2.75, 3.05) is 13.3 Å². The minimum atomic E-state index is -3.72. The van der Waals surface area contributed by atoms with Crippen molar-refractivity contribution in [1.29, 1.82) is 5.41 Å². The number of nitrogens with two attached hydrogens (primary N) is 1. The van der Waals surface area contributed by atoms with Crippen LogP contribution >= 0.6 is 7.60 Å². The number of amidine groups is 1. The van der Waals surface area contributed by atoms with Crippen molar-refractivity contribution in [1.82, 2.24) is 14.8 Å². The molecule has 0 radical (unpaired) electrons. The van der Waals surface area contributed by atoms with Gasteiger partial charge in [-0.25, -0.2) is 9.67 Å². The number of aliphatic hydroxyl groups excluding tert-OH is 2. The summed E-state index contributed by atoms with van der Waals surface area (Å²) in [4.78, 5) is 12.8. The average molecular weight is 321 g/mol. The highest BCUT2D eigenvalue weighted by Gasteiger charge is 2.44. The van der Waals surface area contributed by atoms with Gasteiger partial charge in [-0.2, -0.15) is 0 Å². The molecule has 2 heterocycles. The summed E-state index contributed by atoms with van der Waals surface area (Å²) in [5.74, 6) is -0.401. The van der Waals surface area contributed by atoms with Crippen LogP contribution in [-0.4, -0.2) is 67.3 Å². The summed E-state index contributed by atoms with van der Waals surface area (Å²) in [7, 11) is -3.72. The zero-order chi connectivity index (χ0) is 15.8. The van der Waals surface area contributed by atoms with E-state index in [0.717, 1.165) is 11.3 Å². The van der Waals surface area contributed by atoms with Crippen LogP contribution in [0.2, 0.25) is 0 Å². The smallest absolute Gasteiger partial charge is 0.325 e. The van der Waals surface area contributed by atoms with Crippen molar-refractivity contribution in [3.8, 4) is 0 Å². The quantitative estimate of drug-likeness (QED) is 0.233. The van der Waals surface area contributed by atoms with Crippen LogP contribution in [0.3, 0.4) is 0 Å². The maximum atomic E-state index is 11.1. The van der Waals surface area contributed by atoms with E-state index in [1.165, 1.54) is 6.33 Å². The topological polar surface area (TPSA) is 177 Å². The fourth-order valence-electron chi connectivity index (χ4n) is 1.82. The SMILES string of the molecule is CP(=O)(O)OCC1OC(n2cnc(C(=N)N)n2)C(O)C1O. The second-order valence-corrected chi connectivity index (χ2v) is 6.47. The summed E-state index contributed by atoms with van der Waals surface area (Å²) in [6.45, 7) is 0.631. The Morgan fingerprint density at radius 2 is 2.29 bits per heavy atom. The first kappa shape index (κ1) is 16.0. The van der Waals surface area contributed by atoms with E-state index in [9.17, 15) is 14.8 Å². The van der Waals surface area contributed by atoms with Crippen molar-refractivity contribution < 1.29 is 28.9 Å². The monoisotopic (exact) mass is 321 g/mol. The van der Waals surface area contributed by atoms with E-state index in [1.54, 1.807) is 0 Å². The van der Waals surface area contributed by atoms with Crippen molar-refractivity contribution in [3.63, 3.8) is 0 Å². The molecule has 0 amide bonds. The molecule has 5 atom stereocenters.